The van der Waals surface area contributed by atoms with Gasteiger partial charge in [0.15, 0.2) is 0 Å². The second-order valence-corrected chi connectivity index (χ2v) is 7.77. The summed E-state index contributed by atoms with van der Waals surface area (Å²) in [5, 5.41) is 0. The molecule has 0 amide bonds. The zero-order valence-electron chi connectivity index (χ0n) is 15.8. The van der Waals surface area contributed by atoms with Crippen LogP contribution in [0.3, 0.4) is 0 Å². The molecule has 4 nitrogen and oxygen atoms in total. The number of aromatic nitrogens is 2. The van der Waals surface area contributed by atoms with Gasteiger partial charge in [-0.15, -0.1) is 0 Å². The maximum absolute atomic E-state index is 14.3. The summed E-state index contributed by atoms with van der Waals surface area (Å²) in [6, 6.07) is 5.18. The fraction of sp³-hybridized carbons (Fsp3) is 0.500. The summed E-state index contributed by atoms with van der Waals surface area (Å²) in [5.41, 5.74) is 2.95. The van der Waals surface area contributed by atoms with Gasteiger partial charge in [-0.2, -0.15) is 0 Å². The van der Waals surface area contributed by atoms with E-state index >= 15 is 0 Å². The van der Waals surface area contributed by atoms with Crippen molar-refractivity contribution in [2.75, 3.05) is 6.61 Å². The normalized spacial score (nSPS) is 17.8. The van der Waals surface area contributed by atoms with Crippen LogP contribution in [-0.4, -0.2) is 27.8 Å². The highest BCUT2D eigenvalue weighted by atomic mass is 19.3. The van der Waals surface area contributed by atoms with Crippen molar-refractivity contribution in [3.05, 3.63) is 41.9 Å². The zero-order valence-corrected chi connectivity index (χ0v) is 15.8. The summed E-state index contributed by atoms with van der Waals surface area (Å²) in [4.78, 5) is 7.42. The summed E-state index contributed by atoms with van der Waals surface area (Å²) in [6.07, 6.45) is -2.83. The van der Waals surface area contributed by atoms with Gasteiger partial charge in [-0.05, 0) is 50.5 Å². The fourth-order valence-electron chi connectivity index (χ4n) is 3.38. The topological polar surface area (TPSA) is 61.0 Å². The van der Waals surface area contributed by atoms with E-state index in [0.29, 0.717) is 12.8 Å². The molecule has 2 aromatic rings. The first-order valence-electron chi connectivity index (χ1n) is 9.23. The third-order valence-corrected chi connectivity index (χ3v) is 4.92. The zero-order chi connectivity index (χ0) is 21.2. The van der Waals surface area contributed by atoms with Crippen LogP contribution < -0.4 is 10.5 Å². The van der Waals surface area contributed by atoms with Crippen molar-refractivity contribution in [1.29, 1.82) is 0 Å². The summed E-state index contributed by atoms with van der Waals surface area (Å²) in [5.74, 6) is -0.176. The van der Waals surface area contributed by atoms with Crippen LogP contribution in [-0.2, 0) is 0 Å². The maximum atomic E-state index is 14.3. The SMILES string of the molecule is C[C@@](N)(COc1ccc(-c2ccnc(C(F)F)c2)nc1C(F)F)CC1(F)CCC1. The van der Waals surface area contributed by atoms with Gasteiger partial charge in [0.05, 0.1) is 11.2 Å². The van der Waals surface area contributed by atoms with E-state index in [9.17, 15) is 22.0 Å². The van der Waals surface area contributed by atoms with E-state index in [4.69, 9.17) is 10.5 Å². The summed E-state index contributed by atoms with van der Waals surface area (Å²) < 4.78 is 72.5. The Labute approximate surface area is 165 Å². The van der Waals surface area contributed by atoms with E-state index in [-0.39, 0.29) is 30.0 Å². The molecule has 9 heteroatoms. The number of pyridine rings is 2. The fourth-order valence-corrected chi connectivity index (χ4v) is 3.38. The van der Waals surface area contributed by atoms with Crippen molar-refractivity contribution in [1.82, 2.24) is 9.97 Å². The molecule has 1 atom stereocenters. The molecule has 0 unspecified atom stereocenters. The molecular formula is C20H22F5N3O. The van der Waals surface area contributed by atoms with E-state index in [1.165, 1.54) is 18.2 Å². The van der Waals surface area contributed by atoms with Crippen molar-refractivity contribution in [2.45, 2.75) is 56.7 Å². The molecule has 1 fully saturated rings. The van der Waals surface area contributed by atoms with Crippen LogP contribution >= 0.6 is 0 Å². The standard InChI is InChI=1S/C20H22F5N3O/c1-19(26,10-20(25)6-2-7-20)11-29-15-4-3-13(28-16(15)18(23)24)12-5-8-27-14(9-12)17(21)22/h3-5,8-9,17-18H,2,6-7,10-11,26H2,1H3/t19-/m0/s1. The van der Waals surface area contributed by atoms with Crippen LogP contribution in [0.15, 0.2) is 30.5 Å². The largest absolute Gasteiger partial charge is 0.490 e. The van der Waals surface area contributed by atoms with Crippen molar-refractivity contribution in [3.63, 3.8) is 0 Å². The first-order chi connectivity index (χ1) is 13.6. The lowest BCUT2D eigenvalue weighted by molar-refractivity contribution is 0.0212. The molecule has 2 N–H and O–H groups in total. The molecule has 2 heterocycles. The highest BCUT2D eigenvalue weighted by Gasteiger charge is 2.42. The maximum Gasteiger partial charge on any atom is 0.284 e. The van der Waals surface area contributed by atoms with E-state index in [1.807, 2.05) is 0 Å². The van der Waals surface area contributed by atoms with Crippen LogP contribution in [0.4, 0.5) is 22.0 Å². The minimum atomic E-state index is -2.95. The van der Waals surface area contributed by atoms with Crippen LogP contribution in [0.5, 0.6) is 5.75 Å². The molecule has 1 saturated carbocycles. The molecule has 29 heavy (non-hydrogen) atoms. The number of alkyl halides is 5. The van der Waals surface area contributed by atoms with E-state index in [0.717, 1.165) is 18.7 Å². The molecule has 0 aliphatic heterocycles. The lowest BCUT2D eigenvalue weighted by Gasteiger charge is -2.39. The van der Waals surface area contributed by atoms with Gasteiger partial charge in [-0.25, -0.2) is 26.9 Å². The average molecular weight is 415 g/mol. The molecule has 0 radical (unpaired) electrons. The van der Waals surface area contributed by atoms with Crippen molar-refractivity contribution >= 4 is 0 Å². The minimum absolute atomic E-state index is 0.0724. The lowest BCUT2D eigenvalue weighted by atomic mass is 9.74. The molecule has 1 aliphatic carbocycles. The number of ether oxygens (including phenoxy) is 1. The monoisotopic (exact) mass is 415 g/mol. The molecule has 0 spiro atoms. The van der Waals surface area contributed by atoms with E-state index in [1.54, 1.807) is 6.92 Å². The summed E-state index contributed by atoms with van der Waals surface area (Å²) >= 11 is 0. The predicted octanol–water partition coefficient (Wildman–Crippen LogP) is 5.40. The van der Waals surface area contributed by atoms with Crippen LogP contribution in [0, 0.1) is 0 Å². The Bertz CT molecular complexity index is 856. The Kier molecular flexibility index (Phi) is 6.07. The van der Waals surface area contributed by atoms with Crippen molar-refractivity contribution < 1.29 is 26.7 Å². The highest BCUT2D eigenvalue weighted by molar-refractivity contribution is 5.60. The van der Waals surface area contributed by atoms with E-state index in [2.05, 4.69) is 9.97 Å². The molecule has 3 rings (SSSR count). The number of hydrogen-bond donors (Lipinski definition) is 1. The predicted molar refractivity (Wildman–Crippen MR) is 97.8 cm³/mol. The average Bonchev–Trinajstić information content (AvgIpc) is 2.64. The first kappa shape index (κ1) is 21.4. The second kappa shape index (κ2) is 8.22. The Balaban J connectivity index is 1.78. The molecule has 0 aromatic carbocycles. The van der Waals surface area contributed by atoms with Gasteiger partial charge in [-0.1, -0.05) is 0 Å². The van der Waals surface area contributed by atoms with Gasteiger partial charge in [-0.3, -0.25) is 4.98 Å². The Morgan fingerprint density at radius 3 is 2.48 bits per heavy atom. The van der Waals surface area contributed by atoms with Gasteiger partial charge in [0.25, 0.3) is 12.9 Å². The van der Waals surface area contributed by atoms with E-state index < -0.39 is 35.4 Å². The molecule has 2 aromatic heterocycles. The summed E-state index contributed by atoms with van der Waals surface area (Å²) in [7, 11) is 0. The Hall–Kier alpha value is -2.29. The lowest BCUT2D eigenvalue weighted by Crippen LogP contribution is -2.50. The molecule has 0 saturated heterocycles. The molecule has 0 bridgehead atoms. The van der Waals surface area contributed by atoms with Crippen molar-refractivity contribution in [2.24, 2.45) is 5.73 Å². The quantitative estimate of drug-likeness (QED) is 0.587. The van der Waals surface area contributed by atoms with Crippen molar-refractivity contribution in [3.8, 4) is 17.0 Å². The van der Waals surface area contributed by atoms with Gasteiger partial charge >= 0.3 is 0 Å². The molecule has 1 aliphatic rings. The van der Waals surface area contributed by atoms with Gasteiger partial charge < -0.3 is 10.5 Å². The number of hydrogen-bond acceptors (Lipinski definition) is 4. The Morgan fingerprint density at radius 1 is 1.17 bits per heavy atom. The number of halogens is 5. The van der Waals surface area contributed by atoms with Crippen LogP contribution in [0.25, 0.3) is 11.3 Å². The van der Waals surface area contributed by atoms with Crippen LogP contribution in [0.2, 0.25) is 0 Å². The number of nitrogens with zero attached hydrogens (tertiary/aromatic N) is 2. The summed E-state index contributed by atoms with van der Waals surface area (Å²) in [6.45, 7) is 1.45. The third-order valence-electron chi connectivity index (χ3n) is 4.92. The second-order valence-electron chi connectivity index (χ2n) is 7.77. The van der Waals surface area contributed by atoms with Gasteiger partial charge in [0.2, 0.25) is 0 Å². The minimum Gasteiger partial charge on any atom is -0.490 e. The molecular weight excluding hydrogens is 393 g/mol. The van der Waals surface area contributed by atoms with Crippen LogP contribution in [0.1, 0.15) is 56.8 Å². The smallest absolute Gasteiger partial charge is 0.284 e. The Morgan fingerprint density at radius 2 is 1.90 bits per heavy atom. The number of nitrogens with two attached hydrogens (primary N) is 1. The highest BCUT2D eigenvalue weighted by Crippen LogP contribution is 2.41. The molecule has 158 valence electrons. The first-order valence-corrected chi connectivity index (χ1v) is 9.23. The number of rotatable bonds is 8. The van der Waals surface area contributed by atoms with Gasteiger partial charge in [0.1, 0.15) is 29.4 Å². The van der Waals surface area contributed by atoms with Gasteiger partial charge in [0, 0.05) is 18.2 Å². The third kappa shape index (κ3) is 5.20.